The Balaban J connectivity index is 2.61. The second-order valence-electron chi connectivity index (χ2n) is 7.00. The van der Waals surface area contributed by atoms with Gasteiger partial charge in [-0.25, -0.2) is 0 Å². The topological polar surface area (TPSA) is 9.23 Å². The van der Waals surface area contributed by atoms with Gasteiger partial charge in [0.05, 0.1) is 6.10 Å². The summed E-state index contributed by atoms with van der Waals surface area (Å²) in [6.07, 6.45) is 13.7. The minimum atomic E-state index is -1.46. The molecule has 1 aliphatic carbocycles. The van der Waals surface area contributed by atoms with Crippen molar-refractivity contribution in [3.8, 4) is 0 Å². The van der Waals surface area contributed by atoms with Crippen LogP contribution in [0.1, 0.15) is 58.3 Å². The van der Waals surface area contributed by atoms with Gasteiger partial charge in [-0.05, 0) is 48.4 Å². The molecule has 0 aromatic heterocycles. The average molecular weight is 394 g/mol. The highest BCUT2D eigenvalue weighted by molar-refractivity contribution is 14.1. The molecule has 1 atom stereocenters. The van der Waals surface area contributed by atoms with Gasteiger partial charge in [0.1, 0.15) is 0 Å². The van der Waals surface area contributed by atoms with E-state index in [1.165, 1.54) is 51.4 Å². The molecule has 0 aromatic carbocycles. The summed E-state index contributed by atoms with van der Waals surface area (Å²) in [6, 6.07) is 0. The van der Waals surface area contributed by atoms with Crippen LogP contribution in [0.4, 0.5) is 0 Å². The van der Waals surface area contributed by atoms with Crippen LogP contribution < -0.4 is 0 Å². The van der Waals surface area contributed by atoms with Crippen molar-refractivity contribution in [3.63, 3.8) is 0 Å². The second-order valence-corrected chi connectivity index (χ2v) is 12.2. The summed E-state index contributed by atoms with van der Waals surface area (Å²) >= 11 is 2.34. The van der Waals surface area contributed by atoms with Crippen molar-refractivity contribution >= 4 is 30.9 Å². The summed E-state index contributed by atoms with van der Waals surface area (Å²) in [5.74, 6) is 0. The maximum atomic E-state index is 6.49. The van der Waals surface area contributed by atoms with Crippen LogP contribution in [0.25, 0.3) is 0 Å². The fourth-order valence-corrected chi connectivity index (χ4v) is 4.49. The van der Waals surface area contributed by atoms with E-state index >= 15 is 0 Å². The van der Waals surface area contributed by atoms with Crippen molar-refractivity contribution in [2.45, 2.75) is 84.0 Å². The lowest BCUT2D eigenvalue weighted by Crippen LogP contribution is -2.46. The zero-order valence-corrected chi connectivity index (χ0v) is 16.3. The minimum Gasteiger partial charge on any atom is -0.411 e. The van der Waals surface area contributed by atoms with Gasteiger partial charge in [0.2, 0.25) is 0 Å². The predicted octanol–water partition coefficient (Wildman–Crippen LogP) is 6.30. The molecule has 0 spiro atoms. The molecule has 19 heavy (non-hydrogen) atoms. The van der Waals surface area contributed by atoms with E-state index in [-0.39, 0.29) is 0 Å². The zero-order chi connectivity index (χ0) is 14.4. The quantitative estimate of drug-likeness (QED) is 0.253. The van der Waals surface area contributed by atoms with Gasteiger partial charge in [-0.2, -0.15) is 0 Å². The lowest BCUT2D eigenvalue weighted by molar-refractivity contribution is -0.00366. The van der Waals surface area contributed by atoms with E-state index < -0.39 is 8.32 Å². The first-order valence-corrected chi connectivity index (χ1v) is 12.5. The summed E-state index contributed by atoms with van der Waals surface area (Å²) in [5, 5.41) is 0. The molecule has 0 radical (unpaired) electrons. The van der Waals surface area contributed by atoms with E-state index in [0.717, 1.165) is 0 Å². The maximum Gasteiger partial charge on any atom is 0.184 e. The van der Waals surface area contributed by atoms with Gasteiger partial charge >= 0.3 is 0 Å². The van der Waals surface area contributed by atoms with Crippen LogP contribution in [0.2, 0.25) is 19.6 Å². The highest BCUT2D eigenvalue weighted by Crippen LogP contribution is 2.50. The van der Waals surface area contributed by atoms with Gasteiger partial charge in [-0.3, -0.25) is 0 Å². The lowest BCUT2D eigenvalue weighted by Gasteiger charge is -2.48. The third-order valence-corrected chi connectivity index (χ3v) is 5.59. The van der Waals surface area contributed by atoms with Crippen LogP contribution in [0.3, 0.4) is 0 Å². The summed E-state index contributed by atoms with van der Waals surface area (Å²) in [6.45, 7) is 9.22. The number of hydrogen-bond donors (Lipinski definition) is 0. The highest BCUT2D eigenvalue weighted by atomic mass is 127. The molecule has 1 aliphatic rings. The Hall–Kier alpha value is 0.647. The third kappa shape index (κ3) is 5.88. The number of rotatable bonds is 9. The van der Waals surface area contributed by atoms with E-state index in [9.17, 15) is 0 Å². The highest BCUT2D eigenvalue weighted by Gasteiger charge is 2.44. The average Bonchev–Trinajstić information content (AvgIpc) is 2.25. The molecule has 0 N–H and O–H groups in total. The molecule has 1 rings (SSSR count). The van der Waals surface area contributed by atoms with Gasteiger partial charge in [0.25, 0.3) is 0 Å². The molecule has 0 heterocycles. The van der Waals surface area contributed by atoms with E-state index in [2.05, 4.69) is 59.3 Å². The lowest BCUT2D eigenvalue weighted by atomic mass is 9.62. The monoisotopic (exact) mass is 394 g/mol. The van der Waals surface area contributed by atoms with Crippen LogP contribution in [-0.2, 0) is 4.43 Å². The summed E-state index contributed by atoms with van der Waals surface area (Å²) in [7, 11) is -1.46. The van der Waals surface area contributed by atoms with Crippen molar-refractivity contribution in [2.75, 3.05) is 0 Å². The zero-order valence-electron chi connectivity index (χ0n) is 13.2. The molecule has 0 saturated heterocycles. The molecule has 0 aromatic rings. The number of hydrogen-bond acceptors (Lipinski definition) is 1. The van der Waals surface area contributed by atoms with Crippen LogP contribution >= 0.6 is 22.6 Å². The Morgan fingerprint density at radius 2 is 1.89 bits per heavy atom. The van der Waals surface area contributed by atoms with Crippen LogP contribution in [0.5, 0.6) is 0 Å². The summed E-state index contributed by atoms with van der Waals surface area (Å²) in [4.78, 5) is 0. The first-order chi connectivity index (χ1) is 8.93. The van der Waals surface area contributed by atoms with E-state index in [4.69, 9.17) is 4.43 Å². The van der Waals surface area contributed by atoms with Gasteiger partial charge in [-0.1, -0.05) is 67.7 Å². The SMILES string of the molecule is CCCCCCC1(C(C=CI)O[Si](C)(C)C)CCC1. The fraction of sp³-hybridized carbons (Fsp3) is 0.875. The molecule has 1 unspecified atom stereocenters. The van der Waals surface area contributed by atoms with Crippen molar-refractivity contribution in [3.05, 3.63) is 10.2 Å². The minimum absolute atomic E-state index is 0.367. The van der Waals surface area contributed by atoms with Crippen molar-refractivity contribution in [1.82, 2.24) is 0 Å². The Bertz CT molecular complexity index is 279. The molecule has 0 aliphatic heterocycles. The predicted molar refractivity (Wildman–Crippen MR) is 96.4 cm³/mol. The van der Waals surface area contributed by atoms with Gasteiger partial charge in [0, 0.05) is 0 Å². The molecule has 112 valence electrons. The number of unbranched alkanes of at least 4 members (excludes halogenated alkanes) is 3. The Labute approximate surface area is 134 Å². The van der Waals surface area contributed by atoms with Crippen LogP contribution in [0, 0.1) is 5.41 Å². The molecule has 1 fully saturated rings. The molecular weight excluding hydrogens is 363 g/mol. The molecule has 1 nitrogen and oxygen atoms in total. The second kappa shape index (κ2) is 8.18. The van der Waals surface area contributed by atoms with E-state index in [1.54, 1.807) is 0 Å². The van der Waals surface area contributed by atoms with Crippen molar-refractivity contribution in [1.29, 1.82) is 0 Å². The standard InChI is InChI=1S/C16H31IOSi/c1-5-6-7-8-11-16(12-9-13-16)15(10-14-17)18-19(2,3)4/h10,14-15H,5-9,11-13H2,1-4H3. The summed E-state index contributed by atoms with van der Waals surface area (Å²) < 4.78 is 8.65. The maximum absolute atomic E-state index is 6.49. The van der Waals surface area contributed by atoms with Crippen molar-refractivity contribution in [2.24, 2.45) is 5.41 Å². The van der Waals surface area contributed by atoms with Crippen LogP contribution in [0.15, 0.2) is 10.2 Å². The molecule has 3 heteroatoms. The van der Waals surface area contributed by atoms with E-state index in [1.807, 2.05) is 0 Å². The summed E-state index contributed by atoms with van der Waals surface area (Å²) in [5.41, 5.74) is 0.468. The molecular formula is C16H31IOSi. The molecule has 0 bridgehead atoms. The van der Waals surface area contributed by atoms with Gasteiger partial charge in [0.15, 0.2) is 8.32 Å². The Morgan fingerprint density at radius 1 is 1.21 bits per heavy atom. The number of halogens is 1. The smallest absolute Gasteiger partial charge is 0.184 e. The first kappa shape index (κ1) is 17.7. The van der Waals surface area contributed by atoms with Gasteiger partial charge < -0.3 is 4.43 Å². The normalized spacial score (nSPS) is 20.5. The third-order valence-electron chi connectivity index (χ3n) is 4.21. The molecule has 1 saturated carbocycles. The van der Waals surface area contributed by atoms with Gasteiger partial charge in [-0.15, -0.1) is 0 Å². The van der Waals surface area contributed by atoms with E-state index in [0.29, 0.717) is 11.5 Å². The Kier molecular flexibility index (Phi) is 7.62. The largest absolute Gasteiger partial charge is 0.411 e. The first-order valence-electron chi connectivity index (χ1n) is 7.88. The Morgan fingerprint density at radius 3 is 2.32 bits per heavy atom. The van der Waals surface area contributed by atoms with Crippen molar-refractivity contribution < 1.29 is 4.43 Å². The fourth-order valence-electron chi connectivity index (χ4n) is 3.03. The van der Waals surface area contributed by atoms with Crippen LogP contribution in [-0.4, -0.2) is 14.4 Å². The molecule has 0 amide bonds.